The zero-order valence-electron chi connectivity index (χ0n) is 7.26. The monoisotopic (exact) mass is 190 g/mol. The minimum atomic E-state index is 0.392. The van der Waals surface area contributed by atoms with Gasteiger partial charge in [-0.2, -0.15) is 0 Å². The lowest BCUT2D eigenvalue weighted by Gasteiger charge is -1.95. The van der Waals surface area contributed by atoms with Crippen LogP contribution >= 0.6 is 0 Å². The van der Waals surface area contributed by atoms with Gasteiger partial charge in [-0.3, -0.25) is 0 Å². The van der Waals surface area contributed by atoms with Crippen LogP contribution in [0.2, 0.25) is 0 Å². The van der Waals surface area contributed by atoms with Crippen molar-refractivity contribution in [3.63, 3.8) is 0 Å². The molecule has 2 aliphatic heterocycles. The van der Waals surface area contributed by atoms with Crippen LogP contribution in [-0.2, 0) is 14.2 Å². The molecule has 2 heterocycles. The summed E-state index contributed by atoms with van der Waals surface area (Å²) in [6.45, 7) is 3.26. The fraction of sp³-hybridized carbons (Fsp3) is 0.750. The van der Waals surface area contributed by atoms with E-state index in [1.807, 2.05) is 0 Å². The summed E-state index contributed by atoms with van der Waals surface area (Å²) < 4.78 is 15.1. The van der Waals surface area contributed by atoms with E-state index in [4.69, 9.17) is 24.4 Å². The van der Waals surface area contributed by atoms with Crippen molar-refractivity contribution >= 4 is 0 Å². The largest absolute Gasteiger partial charge is 0.512 e. The van der Waals surface area contributed by atoms with E-state index in [0.29, 0.717) is 24.7 Å². The van der Waals surface area contributed by atoms with Gasteiger partial charge in [-0.15, -0.1) is 0 Å². The van der Waals surface area contributed by atoms with Gasteiger partial charge in [0.25, 0.3) is 0 Å². The first kappa shape index (κ1) is 10.3. The predicted octanol–water partition coefficient (Wildman–Crippen LogP) is 0.374. The minimum Gasteiger partial charge on any atom is -0.512 e. The third kappa shape index (κ3) is 6.39. The number of ether oxygens (including phenoxy) is 3. The van der Waals surface area contributed by atoms with Crippen molar-refractivity contribution in [2.45, 2.75) is 12.2 Å². The maximum Gasteiger partial charge on any atom is 0.113 e. The normalized spacial score (nSPS) is 29.5. The summed E-state index contributed by atoms with van der Waals surface area (Å²) in [6, 6.07) is 0. The molecule has 76 valence electrons. The first-order valence-corrected chi connectivity index (χ1v) is 4.11. The lowest BCUT2D eigenvalue weighted by molar-refractivity contribution is 0.102. The third-order valence-corrected chi connectivity index (χ3v) is 1.48. The third-order valence-electron chi connectivity index (χ3n) is 1.48. The SMILES string of the molecule is C(OCC1CO1)C1CO1.O/C=C/O. The second-order valence-electron chi connectivity index (χ2n) is 2.75. The Morgan fingerprint density at radius 1 is 1.08 bits per heavy atom. The van der Waals surface area contributed by atoms with E-state index in [9.17, 15) is 0 Å². The average Bonchev–Trinajstić information content (AvgIpc) is 2.98. The second-order valence-corrected chi connectivity index (χ2v) is 2.75. The second kappa shape index (κ2) is 5.80. The summed E-state index contributed by atoms with van der Waals surface area (Å²) in [6.07, 6.45) is 1.90. The van der Waals surface area contributed by atoms with Crippen LogP contribution in [0.5, 0.6) is 0 Å². The molecule has 0 spiro atoms. The lowest BCUT2D eigenvalue weighted by atomic mass is 10.5. The Labute approximate surface area is 76.5 Å². The molecule has 13 heavy (non-hydrogen) atoms. The van der Waals surface area contributed by atoms with Crippen LogP contribution < -0.4 is 0 Å². The Balaban J connectivity index is 0.000000184. The van der Waals surface area contributed by atoms with Gasteiger partial charge in [0.2, 0.25) is 0 Å². The van der Waals surface area contributed by atoms with Gasteiger partial charge in [-0.05, 0) is 0 Å². The van der Waals surface area contributed by atoms with Gasteiger partial charge in [-0.25, -0.2) is 0 Å². The van der Waals surface area contributed by atoms with Crippen molar-refractivity contribution < 1.29 is 24.4 Å². The van der Waals surface area contributed by atoms with Gasteiger partial charge in [0, 0.05) is 0 Å². The van der Waals surface area contributed by atoms with E-state index < -0.39 is 0 Å². The molecule has 2 atom stereocenters. The predicted molar refractivity (Wildman–Crippen MR) is 44.7 cm³/mol. The fourth-order valence-electron chi connectivity index (χ4n) is 0.659. The highest BCUT2D eigenvalue weighted by Gasteiger charge is 2.26. The summed E-state index contributed by atoms with van der Waals surface area (Å²) in [5.74, 6) is 0. The number of rotatable bonds is 4. The van der Waals surface area contributed by atoms with E-state index in [0.717, 1.165) is 26.4 Å². The Hall–Kier alpha value is -0.780. The van der Waals surface area contributed by atoms with Crippen LogP contribution in [-0.4, -0.2) is 48.8 Å². The molecule has 0 bridgehead atoms. The fourth-order valence-corrected chi connectivity index (χ4v) is 0.659. The molecule has 2 N–H and O–H groups in total. The van der Waals surface area contributed by atoms with Gasteiger partial charge in [-0.1, -0.05) is 0 Å². The standard InChI is InChI=1S/C6H10O3.C2H4O2/c1(5-3-8-5)7-2-6-4-9-6;3-1-2-4/h5-6H,1-4H2;1-4H/b;2-1+. The van der Waals surface area contributed by atoms with Gasteiger partial charge >= 0.3 is 0 Å². The smallest absolute Gasteiger partial charge is 0.113 e. The zero-order valence-corrected chi connectivity index (χ0v) is 7.26. The quantitative estimate of drug-likeness (QED) is 0.495. The molecule has 2 unspecified atom stereocenters. The van der Waals surface area contributed by atoms with E-state index in [2.05, 4.69) is 0 Å². The highest BCUT2D eigenvalue weighted by atomic mass is 16.6. The summed E-state index contributed by atoms with van der Waals surface area (Å²) in [7, 11) is 0. The first-order chi connectivity index (χ1) is 6.36. The summed E-state index contributed by atoms with van der Waals surface area (Å²) in [5, 5.41) is 14.9. The Morgan fingerprint density at radius 3 is 1.69 bits per heavy atom. The van der Waals surface area contributed by atoms with E-state index >= 15 is 0 Å². The molecule has 0 aromatic rings. The molecule has 0 aromatic heterocycles. The van der Waals surface area contributed by atoms with Crippen LogP contribution in [0.1, 0.15) is 0 Å². The maximum absolute atomic E-state index is 7.44. The van der Waals surface area contributed by atoms with Crippen LogP contribution in [0.3, 0.4) is 0 Å². The Morgan fingerprint density at radius 2 is 1.46 bits per heavy atom. The van der Waals surface area contributed by atoms with Gasteiger partial charge in [0.1, 0.15) is 24.7 Å². The van der Waals surface area contributed by atoms with Crippen molar-refractivity contribution in [1.82, 2.24) is 0 Å². The Bertz CT molecular complexity index is 135. The molecule has 2 aliphatic rings. The molecule has 0 aliphatic carbocycles. The molecule has 5 nitrogen and oxygen atoms in total. The van der Waals surface area contributed by atoms with Gasteiger partial charge in [0.15, 0.2) is 0 Å². The zero-order chi connectivity index (χ0) is 9.52. The van der Waals surface area contributed by atoms with Crippen LogP contribution in [0, 0.1) is 0 Å². The Kier molecular flexibility index (Phi) is 4.59. The number of aliphatic hydroxyl groups is 2. The molecule has 2 saturated heterocycles. The summed E-state index contributed by atoms with van der Waals surface area (Å²) in [5.41, 5.74) is 0. The van der Waals surface area contributed by atoms with Crippen molar-refractivity contribution in [3.8, 4) is 0 Å². The highest BCUT2D eigenvalue weighted by Crippen LogP contribution is 2.12. The summed E-state index contributed by atoms with van der Waals surface area (Å²) in [4.78, 5) is 0. The van der Waals surface area contributed by atoms with Crippen molar-refractivity contribution in [3.05, 3.63) is 12.5 Å². The minimum absolute atomic E-state index is 0.392. The van der Waals surface area contributed by atoms with Crippen molar-refractivity contribution in [1.29, 1.82) is 0 Å². The summed E-state index contributed by atoms with van der Waals surface area (Å²) >= 11 is 0. The maximum atomic E-state index is 7.44. The number of hydrogen-bond acceptors (Lipinski definition) is 5. The lowest BCUT2D eigenvalue weighted by Crippen LogP contribution is -2.06. The average molecular weight is 190 g/mol. The molecule has 0 aromatic carbocycles. The van der Waals surface area contributed by atoms with Crippen molar-refractivity contribution in [2.75, 3.05) is 26.4 Å². The number of hydrogen-bond donors (Lipinski definition) is 2. The molecule has 0 saturated carbocycles. The molecular formula is C8H14O5. The first-order valence-electron chi connectivity index (χ1n) is 4.11. The van der Waals surface area contributed by atoms with E-state index in [1.165, 1.54) is 0 Å². The van der Waals surface area contributed by atoms with E-state index in [-0.39, 0.29) is 0 Å². The van der Waals surface area contributed by atoms with Crippen LogP contribution in [0.25, 0.3) is 0 Å². The van der Waals surface area contributed by atoms with Crippen molar-refractivity contribution in [2.24, 2.45) is 0 Å². The topological polar surface area (TPSA) is 74.8 Å². The highest BCUT2D eigenvalue weighted by molar-refractivity contribution is 4.71. The van der Waals surface area contributed by atoms with Gasteiger partial charge in [0.05, 0.1) is 26.4 Å². The molecule has 5 heteroatoms. The number of aliphatic hydroxyl groups excluding tert-OH is 2. The van der Waals surface area contributed by atoms with Gasteiger partial charge < -0.3 is 24.4 Å². The number of epoxide rings is 2. The molecule has 2 fully saturated rings. The van der Waals surface area contributed by atoms with Crippen LogP contribution in [0.4, 0.5) is 0 Å². The van der Waals surface area contributed by atoms with Crippen LogP contribution in [0.15, 0.2) is 12.5 Å². The molecule has 0 radical (unpaired) electrons. The van der Waals surface area contributed by atoms with E-state index in [1.54, 1.807) is 0 Å². The molecule has 0 amide bonds. The molecular weight excluding hydrogens is 176 g/mol. The molecule has 2 rings (SSSR count).